The van der Waals surface area contributed by atoms with E-state index in [2.05, 4.69) is 10.2 Å². The molecule has 0 radical (unpaired) electrons. The molecule has 3 heterocycles. The standard InChI is InChI=1S/C35H42ClFN4O5/c1-39-18-29(28-5-3-4-6-33(28)39)35(44)38-32-16-31(37)23(13-30(32)36)14-34(43)41-17-25(40-12-11-24(40)20-45-2)15-26(41)21-46-27-9-7-22(19-42)8-10-27/h3-6,13,16,18-19,22,24-27H,7-12,14-15,17,20-21H2,1-2H3,(H,38,44)/t22-,24-,25-,26-,27-/m0/s1. The number of likely N-dealkylation sites (tertiary alicyclic amines) is 2. The molecule has 3 aromatic rings. The zero-order valence-electron chi connectivity index (χ0n) is 26.4. The van der Waals surface area contributed by atoms with Crippen LogP contribution in [0.3, 0.4) is 0 Å². The maximum absolute atomic E-state index is 15.5. The number of nitrogens with zero attached hydrogens (tertiary/aromatic N) is 3. The molecule has 2 amide bonds. The highest BCUT2D eigenvalue weighted by atomic mass is 35.5. The van der Waals surface area contributed by atoms with Gasteiger partial charge in [0.2, 0.25) is 5.91 Å². The third-order valence-corrected chi connectivity index (χ3v) is 10.3. The lowest BCUT2D eigenvalue weighted by molar-refractivity contribution is -0.133. The van der Waals surface area contributed by atoms with E-state index in [0.29, 0.717) is 31.4 Å². The summed E-state index contributed by atoms with van der Waals surface area (Å²) in [5.74, 6) is -1.08. The van der Waals surface area contributed by atoms with E-state index in [1.807, 2.05) is 40.8 Å². The van der Waals surface area contributed by atoms with Crippen LogP contribution in [0.2, 0.25) is 5.02 Å². The number of ether oxygens (including phenoxy) is 2. The molecule has 3 atom stereocenters. The highest BCUT2D eigenvalue weighted by molar-refractivity contribution is 6.34. The molecule has 0 unspecified atom stereocenters. The Bertz CT molecular complexity index is 1590. The van der Waals surface area contributed by atoms with Crippen molar-refractivity contribution in [3.8, 4) is 0 Å². The maximum atomic E-state index is 15.5. The van der Waals surface area contributed by atoms with Gasteiger partial charge in [-0.1, -0.05) is 29.8 Å². The van der Waals surface area contributed by atoms with Crippen molar-refractivity contribution in [2.75, 3.05) is 38.7 Å². The van der Waals surface area contributed by atoms with Gasteiger partial charge in [0.1, 0.15) is 12.1 Å². The number of halogens is 2. The van der Waals surface area contributed by atoms with E-state index in [1.165, 1.54) is 12.1 Å². The van der Waals surface area contributed by atoms with Crippen molar-refractivity contribution in [3.05, 3.63) is 64.6 Å². The van der Waals surface area contributed by atoms with Crippen LogP contribution in [-0.4, -0.2) is 90.1 Å². The fraction of sp³-hybridized carbons (Fsp3) is 0.514. The van der Waals surface area contributed by atoms with E-state index >= 15 is 4.39 Å². The number of carbonyl (C=O) groups is 3. The molecular formula is C35H42ClFN4O5. The molecule has 2 aromatic carbocycles. The van der Waals surface area contributed by atoms with Crippen LogP contribution >= 0.6 is 11.6 Å². The Morgan fingerprint density at radius 1 is 1.09 bits per heavy atom. The van der Waals surface area contributed by atoms with Crippen LogP contribution in [0.4, 0.5) is 10.1 Å². The van der Waals surface area contributed by atoms with Crippen LogP contribution in [0.15, 0.2) is 42.6 Å². The second-order valence-corrected chi connectivity index (χ2v) is 13.4. The van der Waals surface area contributed by atoms with Crippen LogP contribution in [-0.2, 0) is 32.5 Å². The number of fused-ring (bicyclic) bond motifs is 1. The zero-order valence-corrected chi connectivity index (χ0v) is 27.2. The molecule has 9 nitrogen and oxygen atoms in total. The Balaban J connectivity index is 1.14. The quantitative estimate of drug-likeness (QED) is 0.285. The summed E-state index contributed by atoms with van der Waals surface area (Å²) >= 11 is 6.55. The molecule has 1 aromatic heterocycles. The van der Waals surface area contributed by atoms with Gasteiger partial charge in [-0.2, -0.15) is 0 Å². The monoisotopic (exact) mass is 652 g/mol. The van der Waals surface area contributed by atoms with E-state index in [9.17, 15) is 14.4 Å². The average molecular weight is 653 g/mol. The normalized spacial score (nSPS) is 25.0. The second kappa shape index (κ2) is 14.2. The van der Waals surface area contributed by atoms with Crippen molar-refractivity contribution in [2.24, 2.45) is 13.0 Å². The average Bonchev–Trinajstić information content (AvgIpc) is 3.61. The molecule has 3 aliphatic rings. The smallest absolute Gasteiger partial charge is 0.257 e. The molecule has 46 heavy (non-hydrogen) atoms. The van der Waals surface area contributed by atoms with Crippen LogP contribution < -0.4 is 5.32 Å². The van der Waals surface area contributed by atoms with Crippen LogP contribution in [0.1, 0.15) is 54.4 Å². The first-order chi connectivity index (χ1) is 22.2. The predicted molar refractivity (Wildman–Crippen MR) is 175 cm³/mol. The summed E-state index contributed by atoms with van der Waals surface area (Å²) in [6.45, 7) is 2.56. The van der Waals surface area contributed by atoms with Crippen molar-refractivity contribution in [1.82, 2.24) is 14.4 Å². The van der Waals surface area contributed by atoms with Gasteiger partial charge in [-0.25, -0.2) is 4.39 Å². The number of methoxy groups -OCH3 is 1. The fourth-order valence-electron chi connectivity index (χ4n) is 7.34. The molecule has 3 fully saturated rings. The van der Waals surface area contributed by atoms with Gasteiger partial charge in [0.25, 0.3) is 5.91 Å². The van der Waals surface area contributed by atoms with E-state index in [0.717, 1.165) is 62.3 Å². The molecule has 2 saturated heterocycles. The van der Waals surface area contributed by atoms with Gasteiger partial charge in [0.05, 0.1) is 48.1 Å². The van der Waals surface area contributed by atoms with Gasteiger partial charge in [-0.15, -0.1) is 0 Å². The minimum atomic E-state index is -0.607. The van der Waals surface area contributed by atoms with Gasteiger partial charge in [-0.05, 0) is 62.3 Å². The first-order valence-electron chi connectivity index (χ1n) is 16.2. The lowest BCUT2D eigenvalue weighted by atomic mass is 9.88. The molecule has 1 aliphatic carbocycles. The Labute approximate surface area is 273 Å². The summed E-state index contributed by atoms with van der Waals surface area (Å²) in [7, 11) is 3.56. The van der Waals surface area contributed by atoms with Gasteiger partial charge < -0.3 is 29.1 Å². The number of benzene rings is 2. The van der Waals surface area contributed by atoms with E-state index in [-0.39, 0.29) is 52.7 Å². The van der Waals surface area contributed by atoms with Crippen molar-refractivity contribution < 1.29 is 28.2 Å². The number of anilines is 1. The first-order valence-corrected chi connectivity index (χ1v) is 16.6. The van der Waals surface area contributed by atoms with Crippen LogP contribution in [0, 0.1) is 11.7 Å². The number of aromatic nitrogens is 1. The second-order valence-electron chi connectivity index (χ2n) is 13.0. The predicted octanol–water partition coefficient (Wildman–Crippen LogP) is 5.23. The topological polar surface area (TPSA) is 93.1 Å². The number of aldehydes is 1. The van der Waals surface area contributed by atoms with Crippen molar-refractivity contribution in [1.29, 1.82) is 0 Å². The molecule has 6 rings (SSSR count). The number of hydrogen-bond acceptors (Lipinski definition) is 6. The Kier molecular flexibility index (Phi) is 10.1. The maximum Gasteiger partial charge on any atom is 0.257 e. The number of para-hydroxylation sites is 1. The third-order valence-electron chi connectivity index (χ3n) is 10.0. The highest BCUT2D eigenvalue weighted by Gasteiger charge is 2.43. The Hall–Kier alpha value is -3.31. The van der Waals surface area contributed by atoms with Crippen molar-refractivity contribution in [2.45, 2.75) is 69.2 Å². The number of hydrogen-bond donors (Lipinski definition) is 1. The number of carbonyl (C=O) groups excluding carboxylic acids is 3. The SMILES string of the molecule is COC[C@@H]1CCN1[C@H]1C[C@@H](CO[C@H]2CC[C@H](C=O)CC2)N(C(=O)Cc2cc(Cl)c(NC(=O)c3cn(C)c4ccccc34)cc2F)C1. The van der Waals surface area contributed by atoms with E-state index < -0.39 is 11.7 Å². The summed E-state index contributed by atoms with van der Waals surface area (Å²) in [5.41, 5.74) is 1.68. The van der Waals surface area contributed by atoms with Crippen LogP contribution in [0.25, 0.3) is 10.9 Å². The molecule has 2 aliphatic heterocycles. The van der Waals surface area contributed by atoms with Gasteiger partial charge >= 0.3 is 0 Å². The highest BCUT2D eigenvalue weighted by Crippen LogP contribution is 2.33. The summed E-state index contributed by atoms with van der Waals surface area (Å²) in [4.78, 5) is 42.4. The van der Waals surface area contributed by atoms with E-state index in [1.54, 1.807) is 13.3 Å². The largest absolute Gasteiger partial charge is 0.383 e. The number of amides is 2. The molecule has 1 saturated carbocycles. The Morgan fingerprint density at radius 3 is 2.59 bits per heavy atom. The van der Waals surface area contributed by atoms with Crippen molar-refractivity contribution >= 4 is 46.3 Å². The summed E-state index contributed by atoms with van der Waals surface area (Å²) in [6.07, 6.45) is 7.86. The third kappa shape index (κ3) is 6.86. The summed E-state index contributed by atoms with van der Waals surface area (Å²) in [5, 5.41) is 3.68. The van der Waals surface area contributed by atoms with Crippen molar-refractivity contribution in [3.63, 3.8) is 0 Å². The zero-order chi connectivity index (χ0) is 32.4. The van der Waals surface area contributed by atoms with Gasteiger partial charge in [0, 0.05) is 62.3 Å². The summed E-state index contributed by atoms with van der Waals surface area (Å²) in [6, 6.07) is 10.5. The number of aryl methyl sites for hydroxylation is 1. The summed E-state index contributed by atoms with van der Waals surface area (Å²) < 4.78 is 29.1. The lowest BCUT2D eigenvalue weighted by Crippen LogP contribution is -2.56. The fourth-order valence-corrected chi connectivity index (χ4v) is 7.58. The number of nitrogens with one attached hydrogen (secondary N) is 1. The molecule has 246 valence electrons. The Morgan fingerprint density at radius 2 is 1.87 bits per heavy atom. The van der Waals surface area contributed by atoms with E-state index in [4.69, 9.17) is 21.1 Å². The molecule has 11 heteroatoms. The molecule has 1 N–H and O–H groups in total. The first kappa shape index (κ1) is 32.6. The number of rotatable bonds is 11. The minimum Gasteiger partial charge on any atom is -0.383 e. The van der Waals surface area contributed by atoms with Crippen LogP contribution in [0.5, 0.6) is 0 Å². The minimum absolute atomic E-state index is 0.0744. The lowest BCUT2D eigenvalue weighted by Gasteiger charge is -2.44. The molecule has 0 spiro atoms. The molecule has 0 bridgehead atoms. The molecular weight excluding hydrogens is 611 g/mol. The van der Waals surface area contributed by atoms with Gasteiger partial charge in [0.15, 0.2) is 0 Å². The van der Waals surface area contributed by atoms with Gasteiger partial charge in [-0.3, -0.25) is 14.5 Å².